The molecule has 28 heavy (non-hydrogen) atoms. The minimum Gasteiger partial charge on any atom is -0.381 e. The summed E-state index contributed by atoms with van der Waals surface area (Å²) in [6.45, 7) is 3.86. The first-order valence-corrected chi connectivity index (χ1v) is 10.2. The van der Waals surface area contributed by atoms with Crippen LogP contribution < -0.4 is 5.32 Å². The van der Waals surface area contributed by atoms with Crippen LogP contribution in [0.15, 0.2) is 30.6 Å². The molecule has 2 aliphatic rings. The zero-order valence-electron chi connectivity index (χ0n) is 15.6. The van der Waals surface area contributed by atoms with E-state index in [2.05, 4.69) is 27.4 Å². The molecule has 2 fully saturated rings. The van der Waals surface area contributed by atoms with E-state index < -0.39 is 0 Å². The van der Waals surface area contributed by atoms with E-state index in [1.54, 1.807) is 6.20 Å². The number of rotatable bonds is 3. The van der Waals surface area contributed by atoms with Crippen LogP contribution in [0.2, 0.25) is 5.02 Å². The van der Waals surface area contributed by atoms with Gasteiger partial charge in [-0.1, -0.05) is 17.7 Å². The Morgan fingerprint density at radius 2 is 2.00 bits per heavy atom. The topological polar surface area (TPSA) is 72.1 Å². The maximum atomic E-state index is 6.28. The molecule has 5 heterocycles. The van der Waals surface area contributed by atoms with Crippen molar-refractivity contribution >= 4 is 22.6 Å². The van der Waals surface area contributed by atoms with E-state index in [0.29, 0.717) is 17.5 Å². The molecule has 0 aliphatic carbocycles. The normalized spacial score (nSPS) is 21.2. The van der Waals surface area contributed by atoms with Crippen molar-refractivity contribution in [3.05, 3.63) is 46.9 Å². The number of nitrogens with zero attached hydrogens (tertiary/aromatic N) is 2. The minimum absolute atomic E-state index is 0.110. The van der Waals surface area contributed by atoms with Gasteiger partial charge in [-0.05, 0) is 36.5 Å². The van der Waals surface area contributed by atoms with Crippen molar-refractivity contribution in [3.8, 4) is 11.3 Å². The smallest absolute Gasteiger partial charge is 0.138 e. The second kappa shape index (κ2) is 7.79. The largest absolute Gasteiger partial charge is 0.381 e. The number of nitrogens with one attached hydrogen (secondary N) is 2. The lowest BCUT2D eigenvalue weighted by Gasteiger charge is -2.29. The summed E-state index contributed by atoms with van der Waals surface area (Å²) in [5.41, 5.74) is 5.05. The van der Waals surface area contributed by atoms with Gasteiger partial charge in [0, 0.05) is 43.1 Å². The summed E-state index contributed by atoms with van der Waals surface area (Å²) >= 11 is 6.28. The Labute approximate surface area is 168 Å². The number of ether oxygens (including phenoxy) is 2. The third kappa shape index (κ3) is 3.42. The molecule has 7 heteroatoms. The molecule has 3 aromatic rings. The first-order valence-electron chi connectivity index (χ1n) is 9.82. The average Bonchev–Trinajstić information content (AvgIpc) is 3.15. The third-order valence-corrected chi connectivity index (χ3v) is 5.96. The van der Waals surface area contributed by atoms with Gasteiger partial charge in [0.1, 0.15) is 5.65 Å². The van der Waals surface area contributed by atoms with Crippen LogP contribution in [0.4, 0.5) is 0 Å². The van der Waals surface area contributed by atoms with Crippen LogP contribution in [0.1, 0.15) is 36.1 Å². The van der Waals surface area contributed by atoms with E-state index in [1.165, 1.54) is 5.56 Å². The van der Waals surface area contributed by atoms with Gasteiger partial charge in [0.15, 0.2) is 0 Å². The Morgan fingerprint density at radius 1 is 1.11 bits per heavy atom. The van der Waals surface area contributed by atoms with Gasteiger partial charge in [-0.25, -0.2) is 4.98 Å². The average molecular weight is 399 g/mol. The maximum absolute atomic E-state index is 6.28. The fraction of sp³-hybridized carbons (Fsp3) is 0.429. The molecule has 0 amide bonds. The number of halogens is 1. The number of pyridine rings is 2. The predicted molar refractivity (Wildman–Crippen MR) is 109 cm³/mol. The summed E-state index contributed by atoms with van der Waals surface area (Å²) in [7, 11) is 0. The van der Waals surface area contributed by atoms with Crippen molar-refractivity contribution < 1.29 is 9.47 Å². The molecule has 146 valence electrons. The van der Waals surface area contributed by atoms with Crippen molar-refractivity contribution in [2.24, 2.45) is 0 Å². The van der Waals surface area contributed by atoms with E-state index in [4.69, 9.17) is 26.1 Å². The molecule has 3 aromatic heterocycles. The highest BCUT2D eigenvalue weighted by Crippen LogP contribution is 2.34. The number of morpholine rings is 1. The van der Waals surface area contributed by atoms with E-state index in [9.17, 15) is 0 Å². The fourth-order valence-corrected chi connectivity index (χ4v) is 4.33. The monoisotopic (exact) mass is 398 g/mol. The molecule has 5 rings (SSSR count). The fourth-order valence-electron chi connectivity index (χ4n) is 4.13. The molecule has 0 unspecified atom stereocenters. The van der Waals surface area contributed by atoms with Crippen molar-refractivity contribution in [3.63, 3.8) is 0 Å². The van der Waals surface area contributed by atoms with Crippen LogP contribution in [-0.4, -0.2) is 47.9 Å². The number of H-pyrrole nitrogens is 1. The number of aromatic amines is 1. The van der Waals surface area contributed by atoms with Crippen LogP contribution in [0.3, 0.4) is 0 Å². The highest BCUT2D eigenvalue weighted by molar-refractivity contribution is 6.35. The SMILES string of the molecule is Clc1c[nH]c2ncc(-c3ccc(C4CCOCC4)c([C@@H]4COCCN4)n3)cc12. The summed E-state index contributed by atoms with van der Waals surface area (Å²) in [6, 6.07) is 6.49. The second-order valence-corrected chi connectivity index (χ2v) is 7.80. The summed E-state index contributed by atoms with van der Waals surface area (Å²) in [4.78, 5) is 12.7. The van der Waals surface area contributed by atoms with Gasteiger partial charge >= 0.3 is 0 Å². The van der Waals surface area contributed by atoms with Crippen molar-refractivity contribution in [2.75, 3.05) is 33.0 Å². The zero-order chi connectivity index (χ0) is 18.9. The van der Waals surface area contributed by atoms with Crippen LogP contribution in [-0.2, 0) is 9.47 Å². The van der Waals surface area contributed by atoms with Crippen LogP contribution in [0.5, 0.6) is 0 Å². The summed E-state index contributed by atoms with van der Waals surface area (Å²) in [5, 5.41) is 5.15. The third-order valence-electron chi connectivity index (χ3n) is 5.65. The first kappa shape index (κ1) is 18.1. The molecule has 0 bridgehead atoms. The summed E-state index contributed by atoms with van der Waals surface area (Å²) in [5.74, 6) is 0.480. The molecule has 2 aliphatic heterocycles. The molecule has 6 nitrogen and oxygen atoms in total. The van der Waals surface area contributed by atoms with Crippen LogP contribution in [0.25, 0.3) is 22.3 Å². The number of hydrogen-bond acceptors (Lipinski definition) is 5. The van der Waals surface area contributed by atoms with Gasteiger partial charge in [-0.15, -0.1) is 0 Å². The highest BCUT2D eigenvalue weighted by Gasteiger charge is 2.26. The Morgan fingerprint density at radius 3 is 2.82 bits per heavy atom. The Kier molecular flexibility index (Phi) is 5.03. The molecular weight excluding hydrogens is 376 g/mol. The quantitative estimate of drug-likeness (QED) is 0.701. The van der Waals surface area contributed by atoms with Gasteiger partial charge < -0.3 is 19.8 Å². The lowest BCUT2D eigenvalue weighted by atomic mass is 9.88. The van der Waals surface area contributed by atoms with Gasteiger partial charge in [-0.2, -0.15) is 0 Å². The summed E-state index contributed by atoms with van der Waals surface area (Å²) in [6.07, 6.45) is 5.68. The molecule has 2 N–H and O–H groups in total. The van der Waals surface area contributed by atoms with Crippen LogP contribution in [0, 0.1) is 0 Å². The van der Waals surface area contributed by atoms with Crippen molar-refractivity contribution in [2.45, 2.75) is 24.8 Å². The Bertz CT molecular complexity index is 978. The summed E-state index contributed by atoms with van der Waals surface area (Å²) < 4.78 is 11.3. The standard InChI is InChI=1S/C21H23ClN4O2/c22-17-11-25-21-16(17)9-14(10-24-21)18-2-1-15(13-3-6-27-7-4-13)20(26-18)19-12-28-8-5-23-19/h1-2,9-11,13,19,23H,3-8,12H2,(H,24,25)/t19-/m0/s1. The van der Waals surface area contributed by atoms with Crippen molar-refractivity contribution in [1.29, 1.82) is 0 Å². The van der Waals surface area contributed by atoms with E-state index in [1.807, 2.05) is 12.3 Å². The van der Waals surface area contributed by atoms with Gasteiger partial charge in [0.05, 0.1) is 35.7 Å². The highest BCUT2D eigenvalue weighted by atomic mass is 35.5. The maximum Gasteiger partial charge on any atom is 0.138 e. The lowest BCUT2D eigenvalue weighted by molar-refractivity contribution is 0.0727. The van der Waals surface area contributed by atoms with E-state index >= 15 is 0 Å². The first-order chi connectivity index (χ1) is 13.8. The lowest BCUT2D eigenvalue weighted by Crippen LogP contribution is -2.36. The van der Waals surface area contributed by atoms with E-state index in [-0.39, 0.29) is 6.04 Å². The number of hydrogen-bond donors (Lipinski definition) is 2. The molecule has 2 saturated heterocycles. The molecule has 0 spiro atoms. The molecule has 1 atom stereocenters. The van der Waals surface area contributed by atoms with E-state index in [0.717, 1.165) is 67.2 Å². The zero-order valence-corrected chi connectivity index (χ0v) is 16.3. The van der Waals surface area contributed by atoms with Gasteiger partial charge in [0.25, 0.3) is 0 Å². The number of fused-ring (bicyclic) bond motifs is 1. The minimum atomic E-state index is 0.110. The number of aromatic nitrogens is 3. The van der Waals surface area contributed by atoms with Crippen LogP contribution >= 0.6 is 11.6 Å². The molecular formula is C21H23ClN4O2. The van der Waals surface area contributed by atoms with Gasteiger partial charge in [0.2, 0.25) is 0 Å². The predicted octanol–water partition coefficient (Wildman–Crippen LogP) is 3.83. The van der Waals surface area contributed by atoms with Gasteiger partial charge in [-0.3, -0.25) is 4.98 Å². The molecule has 0 aromatic carbocycles. The Balaban J connectivity index is 1.57. The van der Waals surface area contributed by atoms with Crippen molar-refractivity contribution in [1.82, 2.24) is 20.3 Å². The second-order valence-electron chi connectivity index (χ2n) is 7.40. The Hall–Kier alpha value is -1.99. The molecule has 0 saturated carbocycles. The molecule has 0 radical (unpaired) electrons.